The van der Waals surface area contributed by atoms with Crippen molar-refractivity contribution in [2.75, 3.05) is 24.5 Å². The molecule has 0 spiro atoms. The molecule has 1 aromatic rings. The summed E-state index contributed by atoms with van der Waals surface area (Å²) in [7, 11) is 0. The van der Waals surface area contributed by atoms with E-state index in [2.05, 4.69) is 11.8 Å². The summed E-state index contributed by atoms with van der Waals surface area (Å²) in [4.78, 5) is 16.1. The third kappa shape index (κ3) is 4.20. The summed E-state index contributed by atoms with van der Waals surface area (Å²) < 4.78 is 5.43. The Morgan fingerprint density at radius 3 is 2.50 bits per heavy atom. The molecule has 0 aromatic heterocycles. The van der Waals surface area contributed by atoms with E-state index in [4.69, 9.17) is 27.9 Å². The minimum absolute atomic E-state index is 0.153. The molecule has 2 rings (SSSR count). The van der Waals surface area contributed by atoms with Crippen molar-refractivity contribution in [2.45, 2.75) is 39.3 Å². The Balaban J connectivity index is 2.05. The number of piperazine rings is 1. The van der Waals surface area contributed by atoms with Gasteiger partial charge in [0.05, 0.1) is 10.7 Å². The average molecular weight is 345 g/mol. The van der Waals surface area contributed by atoms with Gasteiger partial charge >= 0.3 is 6.09 Å². The first-order valence-corrected chi connectivity index (χ1v) is 8.12. The van der Waals surface area contributed by atoms with Gasteiger partial charge in [-0.05, 0) is 45.9 Å². The fraction of sp³-hybridized carbons (Fsp3) is 0.562. The monoisotopic (exact) mass is 344 g/mol. The van der Waals surface area contributed by atoms with Gasteiger partial charge in [0.25, 0.3) is 0 Å². The molecule has 0 radical (unpaired) electrons. The van der Waals surface area contributed by atoms with E-state index in [9.17, 15) is 4.79 Å². The molecule has 1 aromatic carbocycles. The lowest BCUT2D eigenvalue weighted by atomic mass is 10.1. The fourth-order valence-electron chi connectivity index (χ4n) is 2.52. The fourth-order valence-corrected chi connectivity index (χ4v) is 3.04. The molecule has 22 heavy (non-hydrogen) atoms. The molecule has 1 fully saturated rings. The van der Waals surface area contributed by atoms with Crippen molar-refractivity contribution in [3.63, 3.8) is 0 Å². The molecule has 1 aliphatic heterocycles. The number of ether oxygens (including phenoxy) is 1. The molecule has 6 heteroatoms. The Morgan fingerprint density at radius 1 is 1.27 bits per heavy atom. The number of benzene rings is 1. The van der Waals surface area contributed by atoms with Crippen LogP contribution in [-0.2, 0) is 4.74 Å². The van der Waals surface area contributed by atoms with Gasteiger partial charge in [0.1, 0.15) is 5.60 Å². The first kappa shape index (κ1) is 17.2. The summed E-state index contributed by atoms with van der Waals surface area (Å²) in [6.07, 6.45) is -0.263. The molecule has 1 aliphatic rings. The molecular formula is C16H22Cl2N2O2. The second-order valence-corrected chi connectivity index (χ2v) is 7.41. The number of amides is 1. The lowest BCUT2D eigenvalue weighted by molar-refractivity contribution is 0.0219. The standard InChI is InChI=1S/C16H22Cl2N2O2/c1-11-10-19(15(21)22-16(2,3)4)7-8-20(11)14-6-5-12(17)9-13(14)18/h5-6,9,11H,7-8,10H2,1-4H3/t11-/m1/s1. The third-order valence-electron chi connectivity index (χ3n) is 3.50. The smallest absolute Gasteiger partial charge is 0.410 e. The molecule has 0 N–H and O–H groups in total. The normalized spacial score (nSPS) is 19.3. The number of carbonyl (C=O) groups excluding carboxylic acids is 1. The maximum Gasteiger partial charge on any atom is 0.410 e. The molecule has 4 nitrogen and oxygen atoms in total. The highest BCUT2D eigenvalue weighted by atomic mass is 35.5. The lowest BCUT2D eigenvalue weighted by Crippen LogP contribution is -2.54. The van der Waals surface area contributed by atoms with Crippen molar-refractivity contribution in [1.29, 1.82) is 0 Å². The quantitative estimate of drug-likeness (QED) is 0.754. The topological polar surface area (TPSA) is 32.8 Å². The van der Waals surface area contributed by atoms with Crippen LogP contribution in [0.5, 0.6) is 0 Å². The van der Waals surface area contributed by atoms with Gasteiger partial charge in [-0.15, -0.1) is 0 Å². The van der Waals surface area contributed by atoms with Crippen LogP contribution in [0.1, 0.15) is 27.7 Å². The van der Waals surface area contributed by atoms with Gasteiger partial charge in [0.15, 0.2) is 0 Å². The van der Waals surface area contributed by atoms with Crippen LogP contribution in [-0.4, -0.2) is 42.3 Å². The van der Waals surface area contributed by atoms with Crippen LogP contribution in [0.4, 0.5) is 10.5 Å². The number of rotatable bonds is 1. The number of nitrogens with zero attached hydrogens (tertiary/aromatic N) is 2. The van der Waals surface area contributed by atoms with Crippen molar-refractivity contribution >= 4 is 35.0 Å². The molecule has 1 heterocycles. The largest absolute Gasteiger partial charge is 0.444 e. The van der Waals surface area contributed by atoms with Crippen LogP contribution in [0, 0.1) is 0 Å². The Labute approximate surface area is 141 Å². The number of hydrogen-bond acceptors (Lipinski definition) is 3. The maximum absolute atomic E-state index is 12.2. The minimum Gasteiger partial charge on any atom is -0.444 e. The van der Waals surface area contributed by atoms with Crippen molar-refractivity contribution in [3.05, 3.63) is 28.2 Å². The highest BCUT2D eigenvalue weighted by Gasteiger charge is 2.30. The molecule has 122 valence electrons. The van der Waals surface area contributed by atoms with E-state index in [-0.39, 0.29) is 12.1 Å². The van der Waals surface area contributed by atoms with Crippen molar-refractivity contribution in [1.82, 2.24) is 4.90 Å². The molecule has 0 bridgehead atoms. The van der Waals surface area contributed by atoms with Crippen LogP contribution in [0.25, 0.3) is 0 Å². The Hall–Kier alpha value is -1.13. The molecule has 1 amide bonds. The van der Waals surface area contributed by atoms with Crippen molar-refractivity contribution in [3.8, 4) is 0 Å². The molecular weight excluding hydrogens is 323 g/mol. The van der Waals surface area contributed by atoms with Gasteiger partial charge in [0, 0.05) is 30.7 Å². The molecule has 0 unspecified atom stereocenters. The maximum atomic E-state index is 12.2. The third-order valence-corrected chi connectivity index (χ3v) is 4.04. The highest BCUT2D eigenvalue weighted by Crippen LogP contribution is 2.31. The Morgan fingerprint density at radius 2 is 1.95 bits per heavy atom. The predicted octanol–water partition coefficient (Wildman–Crippen LogP) is 4.44. The van der Waals surface area contributed by atoms with Crippen LogP contribution >= 0.6 is 23.2 Å². The van der Waals surface area contributed by atoms with E-state index in [0.717, 1.165) is 5.69 Å². The van der Waals surface area contributed by atoms with Gasteiger partial charge in [-0.3, -0.25) is 0 Å². The van der Waals surface area contributed by atoms with E-state index < -0.39 is 5.60 Å². The molecule has 1 atom stereocenters. The average Bonchev–Trinajstić information content (AvgIpc) is 2.37. The Bertz CT molecular complexity index is 558. The number of halogens is 2. The number of hydrogen-bond donors (Lipinski definition) is 0. The Kier molecular flexibility index (Phi) is 5.13. The minimum atomic E-state index is -0.475. The molecule has 0 aliphatic carbocycles. The van der Waals surface area contributed by atoms with E-state index in [0.29, 0.717) is 29.7 Å². The van der Waals surface area contributed by atoms with Crippen molar-refractivity contribution < 1.29 is 9.53 Å². The number of anilines is 1. The van der Waals surface area contributed by atoms with E-state index in [1.807, 2.05) is 32.9 Å². The van der Waals surface area contributed by atoms with E-state index >= 15 is 0 Å². The van der Waals surface area contributed by atoms with Crippen LogP contribution in [0.2, 0.25) is 10.0 Å². The zero-order valence-electron chi connectivity index (χ0n) is 13.4. The van der Waals surface area contributed by atoms with E-state index in [1.165, 1.54) is 0 Å². The van der Waals surface area contributed by atoms with E-state index in [1.54, 1.807) is 11.0 Å². The van der Waals surface area contributed by atoms with Gasteiger partial charge in [-0.2, -0.15) is 0 Å². The van der Waals surface area contributed by atoms with Gasteiger partial charge < -0.3 is 14.5 Å². The first-order chi connectivity index (χ1) is 10.2. The first-order valence-electron chi connectivity index (χ1n) is 7.37. The SMILES string of the molecule is C[C@@H]1CN(C(=O)OC(C)(C)C)CCN1c1ccc(Cl)cc1Cl. The second-order valence-electron chi connectivity index (χ2n) is 6.56. The highest BCUT2D eigenvalue weighted by molar-refractivity contribution is 6.36. The molecule has 0 saturated carbocycles. The number of carbonyl (C=O) groups is 1. The zero-order valence-corrected chi connectivity index (χ0v) is 14.9. The summed E-state index contributed by atoms with van der Waals surface area (Å²) >= 11 is 12.2. The summed E-state index contributed by atoms with van der Waals surface area (Å²) in [5.74, 6) is 0. The van der Waals surface area contributed by atoms with Crippen LogP contribution < -0.4 is 4.90 Å². The predicted molar refractivity (Wildman–Crippen MR) is 91.1 cm³/mol. The zero-order chi connectivity index (χ0) is 16.5. The summed E-state index contributed by atoms with van der Waals surface area (Å²) in [6, 6.07) is 5.64. The summed E-state index contributed by atoms with van der Waals surface area (Å²) in [6.45, 7) is 9.61. The lowest BCUT2D eigenvalue weighted by Gasteiger charge is -2.41. The summed E-state index contributed by atoms with van der Waals surface area (Å²) in [5, 5.41) is 1.25. The van der Waals surface area contributed by atoms with Crippen LogP contribution in [0.3, 0.4) is 0 Å². The van der Waals surface area contributed by atoms with Crippen LogP contribution in [0.15, 0.2) is 18.2 Å². The van der Waals surface area contributed by atoms with Gasteiger partial charge in [0.2, 0.25) is 0 Å². The van der Waals surface area contributed by atoms with Gasteiger partial charge in [-0.1, -0.05) is 23.2 Å². The second kappa shape index (κ2) is 6.55. The summed E-state index contributed by atoms with van der Waals surface area (Å²) in [5.41, 5.74) is 0.471. The van der Waals surface area contributed by atoms with Crippen molar-refractivity contribution in [2.24, 2.45) is 0 Å². The molecule has 1 saturated heterocycles. The van der Waals surface area contributed by atoms with Gasteiger partial charge in [-0.25, -0.2) is 4.79 Å².